The van der Waals surface area contributed by atoms with Gasteiger partial charge in [-0.2, -0.15) is 16.1 Å². The smallest absolute Gasteiger partial charge is 0.246 e. The van der Waals surface area contributed by atoms with E-state index >= 15 is 0 Å². The number of sulfonamides is 1. The average Bonchev–Trinajstić information content (AvgIpc) is 2.38. The molecule has 0 radical (unpaired) electrons. The van der Waals surface area contributed by atoms with Gasteiger partial charge in [-0.25, -0.2) is 13.4 Å². The normalized spacial score (nSPS) is 24.6. The summed E-state index contributed by atoms with van der Waals surface area (Å²) in [6, 6.07) is 3.29. The highest BCUT2D eigenvalue weighted by molar-refractivity contribution is 8.00. The highest BCUT2D eigenvalue weighted by Crippen LogP contribution is 2.30. The van der Waals surface area contributed by atoms with Gasteiger partial charge in [0.2, 0.25) is 10.0 Å². The highest BCUT2D eigenvalue weighted by Gasteiger charge is 2.33. The van der Waals surface area contributed by atoms with Crippen molar-refractivity contribution in [3.05, 3.63) is 18.3 Å². The summed E-state index contributed by atoms with van der Waals surface area (Å²) in [7, 11) is -3.49. The van der Waals surface area contributed by atoms with Crippen molar-refractivity contribution in [2.75, 3.05) is 25.0 Å². The molecule has 0 spiro atoms. The maximum atomic E-state index is 12.8. The molecule has 1 aromatic rings. The number of anilines is 1. The molecule has 0 bridgehead atoms. The number of nitrogens with zero attached hydrogens (tertiary/aromatic N) is 2. The van der Waals surface area contributed by atoms with Crippen LogP contribution in [-0.4, -0.2) is 47.8 Å². The fourth-order valence-corrected chi connectivity index (χ4v) is 5.62. The van der Waals surface area contributed by atoms with Gasteiger partial charge in [0.05, 0.1) is 0 Å². The van der Waals surface area contributed by atoms with Gasteiger partial charge in [-0.15, -0.1) is 0 Å². The first-order valence-electron chi connectivity index (χ1n) is 6.79. The molecule has 1 aromatic heterocycles. The number of aromatic nitrogens is 1. The van der Waals surface area contributed by atoms with E-state index in [-0.39, 0.29) is 4.90 Å². The van der Waals surface area contributed by atoms with Crippen LogP contribution in [0.1, 0.15) is 20.8 Å². The summed E-state index contributed by atoms with van der Waals surface area (Å²) in [5.41, 5.74) is 0. The zero-order chi connectivity index (χ0) is 14.8. The van der Waals surface area contributed by atoms with E-state index < -0.39 is 10.0 Å². The van der Waals surface area contributed by atoms with Gasteiger partial charge in [-0.3, -0.25) is 0 Å². The maximum absolute atomic E-state index is 12.8. The van der Waals surface area contributed by atoms with Crippen LogP contribution in [0.4, 0.5) is 5.82 Å². The number of hydrogen-bond acceptors (Lipinski definition) is 5. The second-order valence-corrected chi connectivity index (χ2v) is 8.75. The lowest BCUT2D eigenvalue weighted by atomic mass is 10.4. The van der Waals surface area contributed by atoms with E-state index in [1.54, 1.807) is 22.6 Å². The minimum atomic E-state index is -3.49. The van der Waals surface area contributed by atoms with Gasteiger partial charge in [0.15, 0.2) is 0 Å². The molecule has 1 saturated heterocycles. The summed E-state index contributed by atoms with van der Waals surface area (Å²) >= 11 is 1.83. The van der Waals surface area contributed by atoms with Crippen LogP contribution in [-0.2, 0) is 10.0 Å². The molecule has 0 amide bonds. The highest BCUT2D eigenvalue weighted by atomic mass is 32.2. The zero-order valence-corrected chi connectivity index (χ0v) is 13.7. The Balaban J connectivity index is 2.35. The minimum absolute atomic E-state index is 0.271. The standard InChI is InChI=1S/C13H21N3O2S2/c1-4-14-13-12(6-5-7-15-13)20(17,18)16-8-10(2)19-11(3)9-16/h5-7,10-11H,4,8-9H2,1-3H3,(H,14,15). The van der Waals surface area contributed by atoms with E-state index in [4.69, 9.17) is 0 Å². The first kappa shape index (κ1) is 15.6. The molecular weight excluding hydrogens is 294 g/mol. The summed E-state index contributed by atoms with van der Waals surface area (Å²) < 4.78 is 27.2. The Bertz CT molecular complexity index is 552. The molecule has 0 saturated carbocycles. The minimum Gasteiger partial charge on any atom is -0.369 e. The van der Waals surface area contributed by atoms with Crippen LogP contribution in [0.2, 0.25) is 0 Å². The summed E-state index contributed by atoms with van der Waals surface area (Å²) in [4.78, 5) is 4.42. The van der Waals surface area contributed by atoms with E-state index in [9.17, 15) is 8.42 Å². The fourth-order valence-electron chi connectivity index (χ4n) is 2.36. The van der Waals surface area contributed by atoms with Crippen LogP contribution >= 0.6 is 11.8 Å². The SMILES string of the molecule is CCNc1ncccc1S(=O)(=O)N1CC(C)SC(C)C1. The van der Waals surface area contributed by atoms with E-state index in [1.165, 1.54) is 0 Å². The predicted molar refractivity (Wildman–Crippen MR) is 83.7 cm³/mol. The third-order valence-corrected chi connectivity index (χ3v) is 6.21. The molecule has 2 heterocycles. The van der Waals surface area contributed by atoms with Crippen LogP contribution < -0.4 is 5.32 Å². The van der Waals surface area contributed by atoms with Gasteiger partial charge in [-0.05, 0) is 19.1 Å². The van der Waals surface area contributed by atoms with Crippen molar-refractivity contribution in [2.45, 2.75) is 36.2 Å². The lowest BCUT2D eigenvalue weighted by Crippen LogP contribution is -2.44. The molecule has 1 aliphatic heterocycles. The molecule has 0 aromatic carbocycles. The van der Waals surface area contributed by atoms with Gasteiger partial charge < -0.3 is 5.32 Å². The van der Waals surface area contributed by atoms with Gasteiger partial charge in [0.25, 0.3) is 0 Å². The molecule has 2 unspecified atom stereocenters. The van der Waals surface area contributed by atoms with E-state index in [0.717, 1.165) is 0 Å². The largest absolute Gasteiger partial charge is 0.369 e. The Morgan fingerprint density at radius 2 is 2.05 bits per heavy atom. The second-order valence-electron chi connectivity index (χ2n) is 4.96. The Morgan fingerprint density at radius 3 is 2.65 bits per heavy atom. The molecule has 5 nitrogen and oxygen atoms in total. The van der Waals surface area contributed by atoms with Crippen LogP contribution in [0.15, 0.2) is 23.2 Å². The average molecular weight is 315 g/mol. The molecule has 2 atom stereocenters. The Hall–Kier alpha value is -0.790. The number of pyridine rings is 1. The monoisotopic (exact) mass is 315 g/mol. The topological polar surface area (TPSA) is 62.3 Å². The van der Waals surface area contributed by atoms with Crippen LogP contribution in [0.25, 0.3) is 0 Å². The van der Waals surface area contributed by atoms with E-state index in [1.807, 2.05) is 18.7 Å². The van der Waals surface area contributed by atoms with Crippen LogP contribution in [0.5, 0.6) is 0 Å². The lowest BCUT2D eigenvalue weighted by molar-refractivity contribution is 0.405. The summed E-state index contributed by atoms with van der Waals surface area (Å²) in [5.74, 6) is 0.438. The third-order valence-electron chi connectivity index (χ3n) is 3.12. The number of rotatable bonds is 4. The molecule has 1 N–H and O–H groups in total. The van der Waals surface area contributed by atoms with Crippen molar-refractivity contribution < 1.29 is 8.42 Å². The van der Waals surface area contributed by atoms with Crippen molar-refractivity contribution in [1.82, 2.24) is 9.29 Å². The van der Waals surface area contributed by atoms with Gasteiger partial charge in [0.1, 0.15) is 10.7 Å². The van der Waals surface area contributed by atoms with Crippen molar-refractivity contribution in [1.29, 1.82) is 0 Å². The predicted octanol–water partition coefficient (Wildman–Crippen LogP) is 2.03. The van der Waals surface area contributed by atoms with Crippen molar-refractivity contribution in [2.24, 2.45) is 0 Å². The summed E-state index contributed by atoms with van der Waals surface area (Å²) in [6.07, 6.45) is 1.61. The van der Waals surface area contributed by atoms with Crippen molar-refractivity contribution in [3.8, 4) is 0 Å². The molecule has 1 fully saturated rings. The third kappa shape index (κ3) is 3.27. The van der Waals surface area contributed by atoms with E-state index in [0.29, 0.717) is 36.0 Å². The number of nitrogens with one attached hydrogen (secondary N) is 1. The molecule has 20 heavy (non-hydrogen) atoms. The Kier molecular flexibility index (Phi) is 4.93. The lowest BCUT2D eigenvalue weighted by Gasteiger charge is -2.33. The molecule has 112 valence electrons. The molecule has 1 aliphatic rings. The second kappa shape index (κ2) is 6.32. The number of thioether (sulfide) groups is 1. The first-order chi connectivity index (χ1) is 9.45. The quantitative estimate of drug-likeness (QED) is 0.921. The van der Waals surface area contributed by atoms with Crippen LogP contribution in [0.3, 0.4) is 0 Å². The van der Waals surface area contributed by atoms with Crippen molar-refractivity contribution in [3.63, 3.8) is 0 Å². The first-order valence-corrected chi connectivity index (χ1v) is 9.18. The fraction of sp³-hybridized carbons (Fsp3) is 0.615. The van der Waals surface area contributed by atoms with Gasteiger partial charge in [-0.1, -0.05) is 13.8 Å². The van der Waals surface area contributed by atoms with Crippen molar-refractivity contribution >= 4 is 27.6 Å². The molecule has 2 rings (SSSR count). The maximum Gasteiger partial charge on any atom is 0.246 e. The summed E-state index contributed by atoms with van der Waals surface area (Å²) in [6.45, 7) is 7.80. The van der Waals surface area contributed by atoms with E-state index in [2.05, 4.69) is 24.1 Å². The Morgan fingerprint density at radius 1 is 1.40 bits per heavy atom. The molecule has 0 aliphatic carbocycles. The molecule has 7 heteroatoms. The zero-order valence-electron chi connectivity index (χ0n) is 12.0. The van der Waals surface area contributed by atoms with Crippen LogP contribution in [0, 0.1) is 0 Å². The Labute approximate surface area is 125 Å². The van der Waals surface area contributed by atoms with Gasteiger partial charge in [0, 0.05) is 36.3 Å². The molecular formula is C13H21N3O2S2. The van der Waals surface area contributed by atoms with Gasteiger partial charge >= 0.3 is 0 Å². The summed E-state index contributed by atoms with van der Waals surface area (Å²) in [5, 5.41) is 3.65. The number of hydrogen-bond donors (Lipinski definition) is 1.